The van der Waals surface area contributed by atoms with Crippen LogP contribution in [-0.2, 0) is 10.0 Å². The van der Waals surface area contributed by atoms with Crippen LogP contribution in [0.3, 0.4) is 0 Å². The molecule has 0 saturated carbocycles. The van der Waals surface area contributed by atoms with Crippen molar-refractivity contribution in [2.75, 3.05) is 13.1 Å². The van der Waals surface area contributed by atoms with E-state index in [4.69, 9.17) is 0 Å². The lowest BCUT2D eigenvalue weighted by Gasteiger charge is -2.10. The van der Waals surface area contributed by atoms with Gasteiger partial charge in [0.2, 0.25) is 10.0 Å². The maximum Gasteiger partial charge on any atom is 0.240 e. The summed E-state index contributed by atoms with van der Waals surface area (Å²) in [5.41, 5.74) is 0. The number of halogens is 2. The van der Waals surface area contributed by atoms with E-state index in [1.54, 1.807) is 0 Å². The van der Waals surface area contributed by atoms with Gasteiger partial charge in [-0.1, -0.05) is 13.8 Å². The first-order valence-corrected chi connectivity index (χ1v) is 6.99. The summed E-state index contributed by atoms with van der Waals surface area (Å²) in [5, 5.41) is 3.02. The molecule has 0 bridgehead atoms. The van der Waals surface area contributed by atoms with Gasteiger partial charge in [-0.3, -0.25) is 0 Å². The van der Waals surface area contributed by atoms with Crippen LogP contribution in [0.5, 0.6) is 0 Å². The van der Waals surface area contributed by atoms with Crippen molar-refractivity contribution in [3.8, 4) is 0 Å². The molecule has 0 aliphatic heterocycles. The Morgan fingerprint density at radius 3 is 2.17 bits per heavy atom. The van der Waals surface area contributed by atoms with Crippen LogP contribution < -0.4 is 10.0 Å². The molecule has 1 rings (SSSR count). The molecule has 4 nitrogen and oxygen atoms in total. The molecule has 0 heterocycles. The molecule has 0 amide bonds. The fourth-order valence-electron chi connectivity index (χ4n) is 1.31. The second-order valence-electron chi connectivity index (χ2n) is 4.11. The molecule has 0 saturated heterocycles. The van der Waals surface area contributed by atoms with Gasteiger partial charge in [0.1, 0.15) is 11.6 Å². The van der Waals surface area contributed by atoms with E-state index in [1.165, 1.54) is 0 Å². The molecule has 102 valence electrons. The highest BCUT2D eigenvalue weighted by molar-refractivity contribution is 7.89. The molecule has 0 spiro atoms. The molecule has 0 aliphatic rings. The van der Waals surface area contributed by atoms with E-state index in [2.05, 4.69) is 10.0 Å². The second-order valence-corrected chi connectivity index (χ2v) is 5.88. The summed E-state index contributed by atoms with van der Waals surface area (Å²) in [5.74, 6) is -1.84. The summed E-state index contributed by atoms with van der Waals surface area (Å²) in [6.45, 7) is 4.44. The van der Waals surface area contributed by atoms with Gasteiger partial charge in [-0.05, 0) is 12.1 Å². The Bertz CT molecular complexity index is 484. The molecule has 1 aromatic carbocycles. The van der Waals surface area contributed by atoms with Crippen LogP contribution in [-0.4, -0.2) is 27.5 Å². The Morgan fingerprint density at radius 2 is 1.67 bits per heavy atom. The molecule has 0 atom stereocenters. The van der Waals surface area contributed by atoms with E-state index in [-0.39, 0.29) is 12.6 Å². The SMILES string of the molecule is CC(C)NCCNS(=O)(=O)c1cc(F)cc(F)c1. The highest BCUT2D eigenvalue weighted by Crippen LogP contribution is 2.12. The van der Waals surface area contributed by atoms with E-state index in [1.807, 2.05) is 13.8 Å². The van der Waals surface area contributed by atoms with Gasteiger partial charge >= 0.3 is 0 Å². The Hall–Kier alpha value is -1.05. The Kier molecular flexibility index (Phi) is 5.18. The molecular weight excluding hydrogens is 262 g/mol. The maximum atomic E-state index is 12.9. The standard InChI is InChI=1S/C11H16F2N2O2S/c1-8(2)14-3-4-15-18(16,17)11-6-9(12)5-10(13)7-11/h5-8,14-15H,3-4H2,1-2H3. The molecule has 0 unspecified atom stereocenters. The molecule has 18 heavy (non-hydrogen) atoms. The Labute approximate surface area is 105 Å². The minimum Gasteiger partial charge on any atom is -0.313 e. The molecule has 0 fully saturated rings. The maximum absolute atomic E-state index is 12.9. The van der Waals surface area contributed by atoms with Gasteiger partial charge in [0.15, 0.2) is 0 Å². The normalized spacial score (nSPS) is 12.1. The first-order chi connectivity index (χ1) is 8.31. The second kappa shape index (κ2) is 6.21. The van der Waals surface area contributed by atoms with E-state index in [9.17, 15) is 17.2 Å². The topological polar surface area (TPSA) is 58.2 Å². The van der Waals surface area contributed by atoms with Crippen molar-refractivity contribution in [1.29, 1.82) is 0 Å². The predicted octanol–water partition coefficient (Wildman–Crippen LogP) is 1.24. The number of hydrogen-bond donors (Lipinski definition) is 2. The molecule has 7 heteroatoms. The zero-order valence-corrected chi connectivity index (χ0v) is 11.0. The highest BCUT2D eigenvalue weighted by atomic mass is 32.2. The average molecular weight is 278 g/mol. The van der Waals surface area contributed by atoms with Gasteiger partial charge in [-0.15, -0.1) is 0 Å². The molecular formula is C11H16F2N2O2S. The lowest BCUT2D eigenvalue weighted by molar-refractivity contribution is 0.551. The fourth-order valence-corrected chi connectivity index (χ4v) is 2.39. The van der Waals surface area contributed by atoms with E-state index < -0.39 is 26.6 Å². The summed E-state index contributed by atoms with van der Waals surface area (Å²) in [6.07, 6.45) is 0. The number of rotatable bonds is 6. The van der Waals surface area contributed by atoms with E-state index in [0.717, 1.165) is 12.1 Å². The van der Waals surface area contributed by atoms with Crippen LogP contribution in [0, 0.1) is 11.6 Å². The van der Waals surface area contributed by atoms with Crippen LogP contribution in [0.1, 0.15) is 13.8 Å². The van der Waals surface area contributed by atoms with Gasteiger partial charge in [-0.2, -0.15) is 0 Å². The minimum atomic E-state index is -3.87. The monoisotopic (exact) mass is 278 g/mol. The number of sulfonamides is 1. The van der Waals surface area contributed by atoms with Crippen molar-refractivity contribution >= 4 is 10.0 Å². The number of benzene rings is 1. The smallest absolute Gasteiger partial charge is 0.240 e. The Morgan fingerprint density at radius 1 is 1.11 bits per heavy atom. The predicted molar refractivity (Wildman–Crippen MR) is 64.7 cm³/mol. The van der Waals surface area contributed by atoms with Crippen molar-refractivity contribution < 1.29 is 17.2 Å². The van der Waals surface area contributed by atoms with Crippen molar-refractivity contribution in [3.05, 3.63) is 29.8 Å². The van der Waals surface area contributed by atoms with Crippen LogP contribution in [0.15, 0.2) is 23.1 Å². The van der Waals surface area contributed by atoms with Gasteiger partial charge in [-0.25, -0.2) is 21.9 Å². The minimum absolute atomic E-state index is 0.151. The molecule has 2 N–H and O–H groups in total. The lowest BCUT2D eigenvalue weighted by Crippen LogP contribution is -2.34. The average Bonchev–Trinajstić information content (AvgIpc) is 2.23. The molecule has 0 aliphatic carbocycles. The van der Waals surface area contributed by atoms with Crippen LogP contribution >= 0.6 is 0 Å². The van der Waals surface area contributed by atoms with Crippen LogP contribution in [0.4, 0.5) is 8.78 Å². The highest BCUT2D eigenvalue weighted by Gasteiger charge is 2.15. The van der Waals surface area contributed by atoms with E-state index in [0.29, 0.717) is 12.6 Å². The Balaban J connectivity index is 2.68. The first kappa shape index (κ1) is 15.0. The van der Waals surface area contributed by atoms with Crippen molar-refractivity contribution in [3.63, 3.8) is 0 Å². The van der Waals surface area contributed by atoms with Crippen molar-refractivity contribution in [2.24, 2.45) is 0 Å². The first-order valence-electron chi connectivity index (χ1n) is 5.50. The third kappa shape index (κ3) is 4.67. The molecule has 0 aromatic heterocycles. The third-order valence-corrected chi connectivity index (χ3v) is 3.56. The van der Waals surface area contributed by atoms with Crippen molar-refractivity contribution in [1.82, 2.24) is 10.0 Å². The lowest BCUT2D eigenvalue weighted by atomic mass is 10.3. The largest absolute Gasteiger partial charge is 0.313 e. The summed E-state index contributed by atoms with van der Waals surface area (Å²) in [6, 6.07) is 2.42. The summed E-state index contributed by atoms with van der Waals surface area (Å²) in [4.78, 5) is -0.412. The number of nitrogens with one attached hydrogen (secondary N) is 2. The summed E-state index contributed by atoms with van der Waals surface area (Å²) >= 11 is 0. The van der Waals surface area contributed by atoms with Crippen LogP contribution in [0.2, 0.25) is 0 Å². The van der Waals surface area contributed by atoms with Gasteiger partial charge in [0, 0.05) is 25.2 Å². The molecule has 0 radical (unpaired) electrons. The zero-order chi connectivity index (χ0) is 13.8. The summed E-state index contributed by atoms with van der Waals surface area (Å²) in [7, 11) is -3.87. The zero-order valence-electron chi connectivity index (χ0n) is 10.2. The fraction of sp³-hybridized carbons (Fsp3) is 0.455. The summed E-state index contributed by atoms with van der Waals surface area (Å²) < 4.78 is 51.5. The van der Waals surface area contributed by atoms with Crippen molar-refractivity contribution in [2.45, 2.75) is 24.8 Å². The number of hydrogen-bond acceptors (Lipinski definition) is 3. The third-order valence-electron chi connectivity index (χ3n) is 2.12. The van der Waals surface area contributed by atoms with Gasteiger partial charge < -0.3 is 5.32 Å². The van der Waals surface area contributed by atoms with Gasteiger partial charge in [0.05, 0.1) is 4.90 Å². The van der Waals surface area contributed by atoms with Gasteiger partial charge in [0.25, 0.3) is 0 Å². The van der Waals surface area contributed by atoms with E-state index >= 15 is 0 Å². The quantitative estimate of drug-likeness (QED) is 0.770. The van der Waals surface area contributed by atoms with Crippen LogP contribution in [0.25, 0.3) is 0 Å². The molecule has 1 aromatic rings.